The van der Waals surface area contributed by atoms with E-state index in [9.17, 15) is 4.79 Å². The highest BCUT2D eigenvalue weighted by molar-refractivity contribution is 6.35. The predicted octanol–water partition coefficient (Wildman–Crippen LogP) is 3.25. The van der Waals surface area contributed by atoms with Gasteiger partial charge in [0.15, 0.2) is 0 Å². The first-order valence-electron chi connectivity index (χ1n) is 8.67. The second-order valence-electron chi connectivity index (χ2n) is 6.55. The Morgan fingerprint density at radius 2 is 2.00 bits per heavy atom. The summed E-state index contributed by atoms with van der Waals surface area (Å²) in [6, 6.07) is 5.45. The van der Waals surface area contributed by atoms with Crippen LogP contribution in [0.4, 0.5) is 0 Å². The SMILES string of the molecule is O=C(CCc1ccc(Cl)cc1Cl)N1CCN(CC2CCCO2)CC1. The van der Waals surface area contributed by atoms with Crippen molar-refractivity contribution in [3.05, 3.63) is 33.8 Å². The van der Waals surface area contributed by atoms with Crippen LogP contribution in [0.25, 0.3) is 0 Å². The van der Waals surface area contributed by atoms with Crippen LogP contribution in [0, 0.1) is 0 Å². The Morgan fingerprint density at radius 3 is 2.67 bits per heavy atom. The maximum atomic E-state index is 12.4. The van der Waals surface area contributed by atoms with Crippen molar-refractivity contribution in [1.82, 2.24) is 9.80 Å². The normalized spacial score (nSPS) is 22.1. The van der Waals surface area contributed by atoms with Gasteiger partial charge < -0.3 is 9.64 Å². The summed E-state index contributed by atoms with van der Waals surface area (Å²) in [6.45, 7) is 5.39. The molecule has 2 aliphatic rings. The van der Waals surface area contributed by atoms with E-state index in [1.165, 1.54) is 12.8 Å². The van der Waals surface area contributed by atoms with Crippen LogP contribution >= 0.6 is 23.2 Å². The second-order valence-corrected chi connectivity index (χ2v) is 7.40. The molecule has 0 radical (unpaired) electrons. The Hall–Kier alpha value is -0.810. The predicted molar refractivity (Wildman–Crippen MR) is 96.8 cm³/mol. The molecule has 3 rings (SSSR count). The van der Waals surface area contributed by atoms with Crippen LogP contribution in [0.15, 0.2) is 18.2 Å². The van der Waals surface area contributed by atoms with E-state index in [2.05, 4.69) is 4.90 Å². The van der Waals surface area contributed by atoms with Gasteiger partial charge in [-0.1, -0.05) is 29.3 Å². The van der Waals surface area contributed by atoms with E-state index in [0.29, 0.717) is 29.0 Å². The molecule has 2 heterocycles. The van der Waals surface area contributed by atoms with E-state index in [0.717, 1.165) is 44.9 Å². The van der Waals surface area contributed by atoms with Crippen molar-refractivity contribution in [2.75, 3.05) is 39.3 Å². The van der Waals surface area contributed by atoms with Gasteiger partial charge in [-0.05, 0) is 37.0 Å². The highest BCUT2D eigenvalue weighted by atomic mass is 35.5. The number of carbonyl (C=O) groups excluding carboxylic acids is 1. The minimum atomic E-state index is 0.206. The van der Waals surface area contributed by atoms with Crippen LogP contribution in [0.5, 0.6) is 0 Å². The monoisotopic (exact) mass is 370 g/mol. The zero-order valence-corrected chi connectivity index (χ0v) is 15.4. The summed E-state index contributed by atoms with van der Waals surface area (Å²) in [5.74, 6) is 0.206. The first-order chi connectivity index (χ1) is 11.6. The molecule has 0 aromatic heterocycles. The van der Waals surface area contributed by atoms with Gasteiger partial charge >= 0.3 is 0 Å². The van der Waals surface area contributed by atoms with Gasteiger partial charge in [0.25, 0.3) is 0 Å². The number of piperazine rings is 1. The van der Waals surface area contributed by atoms with Crippen molar-refractivity contribution >= 4 is 29.1 Å². The quantitative estimate of drug-likeness (QED) is 0.797. The van der Waals surface area contributed by atoms with Crippen molar-refractivity contribution < 1.29 is 9.53 Å². The summed E-state index contributed by atoms with van der Waals surface area (Å²) in [5, 5.41) is 1.26. The van der Waals surface area contributed by atoms with E-state index in [1.807, 2.05) is 17.0 Å². The minimum Gasteiger partial charge on any atom is -0.377 e. The molecule has 1 aromatic rings. The van der Waals surface area contributed by atoms with Crippen LogP contribution < -0.4 is 0 Å². The lowest BCUT2D eigenvalue weighted by Gasteiger charge is -2.35. The number of rotatable bonds is 5. The number of hydrogen-bond acceptors (Lipinski definition) is 3. The number of benzene rings is 1. The molecule has 1 unspecified atom stereocenters. The molecule has 0 bridgehead atoms. The van der Waals surface area contributed by atoms with Crippen molar-refractivity contribution in [3.8, 4) is 0 Å². The molecule has 1 amide bonds. The fraction of sp³-hybridized carbons (Fsp3) is 0.611. The molecule has 2 fully saturated rings. The molecule has 2 saturated heterocycles. The summed E-state index contributed by atoms with van der Waals surface area (Å²) < 4.78 is 5.69. The Bertz CT molecular complexity index is 568. The van der Waals surface area contributed by atoms with Crippen molar-refractivity contribution in [1.29, 1.82) is 0 Å². The van der Waals surface area contributed by atoms with Crippen molar-refractivity contribution in [2.45, 2.75) is 31.8 Å². The third-order valence-electron chi connectivity index (χ3n) is 4.83. The third-order valence-corrected chi connectivity index (χ3v) is 5.42. The average molecular weight is 371 g/mol. The molecule has 1 atom stereocenters. The zero-order chi connectivity index (χ0) is 16.9. The third kappa shape index (κ3) is 4.85. The van der Waals surface area contributed by atoms with E-state index in [-0.39, 0.29) is 5.91 Å². The molecule has 6 heteroatoms. The maximum Gasteiger partial charge on any atom is 0.222 e. The Balaban J connectivity index is 1.41. The largest absolute Gasteiger partial charge is 0.377 e. The molecule has 0 aliphatic carbocycles. The number of amides is 1. The summed E-state index contributed by atoms with van der Waals surface area (Å²) in [7, 11) is 0. The van der Waals surface area contributed by atoms with Crippen LogP contribution in [0.3, 0.4) is 0 Å². The fourth-order valence-corrected chi connectivity index (χ4v) is 3.88. The highest BCUT2D eigenvalue weighted by Gasteiger charge is 2.24. The lowest BCUT2D eigenvalue weighted by molar-refractivity contribution is -0.133. The molecule has 2 aliphatic heterocycles. The molecule has 1 aromatic carbocycles. The lowest BCUT2D eigenvalue weighted by Crippen LogP contribution is -2.50. The topological polar surface area (TPSA) is 32.8 Å². The number of hydrogen-bond donors (Lipinski definition) is 0. The number of aryl methyl sites for hydroxylation is 1. The zero-order valence-electron chi connectivity index (χ0n) is 13.8. The summed E-state index contributed by atoms with van der Waals surface area (Å²) in [4.78, 5) is 16.8. The van der Waals surface area contributed by atoms with E-state index >= 15 is 0 Å². The molecule has 132 valence electrons. The van der Waals surface area contributed by atoms with Gasteiger partial charge in [0, 0.05) is 55.8 Å². The summed E-state index contributed by atoms with van der Waals surface area (Å²) in [5.41, 5.74) is 0.978. The number of halogens is 2. The smallest absolute Gasteiger partial charge is 0.222 e. The second kappa shape index (κ2) is 8.52. The standard InChI is InChI=1S/C18H24Cl2N2O2/c19-15-5-3-14(17(20)12-15)4-6-18(23)22-9-7-21(8-10-22)13-16-2-1-11-24-16/h3,5,12,16H,1-2,4,6-11,13H2. The number of carbonyl (C=O) groups is 1. The van der Waals surface area contributed by atoms with E-state index in [1.54, 1.807) is 6.07 Å². The first-order valence-corrected chi connectivity index (χ1v) is 9.43. The minimum absolute atomic E-state index is 0.206. The summed E-state index contributed by atoms with van der Waals surface area (Å²) in [6.07, 6.45) is 3.88. The van der Waals surface area contributed by atoms with Crippen molar-refractivity contribution in [2.24, 2.45) is 0 Å². The van der Waals surface area contributed by atoms with Crippen LogP contribution in [0.1, 0.15) is 24.8 Å². The van der Waals surface area contributed by atoms with Crippen LogP contribution in [-0.4, -0.2) is 61.1 Å². The van der Waals surface area contributed by atoms with Gasteiger partial charge in [0.1, 0.15) is 0 Å². The fourth-order valence-electron chi connectivity index (χ4n) is 3.38. The Labute approximate surface area is 153 Å². The Morgan fingerprint density at radius 1 is 1.21 bits per heavy atom. The Kier molecular flexibility index (Phi) is 6.39. The van der Waals surface area contributed by atoms with E-state index in [4.69, 9.17) is 27.9 Å². The van der Waals surface area contributed by atoms with Crippen LogP contribution in [0.2, 0.25) is 10.0 Å². The molecule has 0 N–H and O–H groups in total. The molecule has 4 nitrogen and oxygen atoms in total. The van der Waals surface area contributed by atoms with Crippen molar-refractivity contribution in [3.63, 3.8) is 0 Å². The number of ether oxygens (including phenoxy) is 1. The molecular weight excluding hydrogens is 347 g/mol. The number of nitrogens with zero attached hydrogens (tertiary/aromatic N) is 2. The average Bonchev–Trinajstić information content (AvgIpc) is 3.07. The van der Waals surface area contributed by atoms with Crippen LogP contribution in [-0.2, 0) is 16.0 Å². The van der Waals surface area contributed by atoms with Gasteiger partial charge in [-0.15, -0.1) is 0 Å². The van der Waals surface area contributed by atoms with Gasteiger partial charge in [-0.3, -0.25) is 9.69 Å². The van der Waals surface area contributed by atoms with E-state index < -0.39 is 0 Å². The lowest BCUT2D eigenvalue weighted by atomic mass is 10.1. The van der Waals surface area contributed by atoms with Gasteiger partial charge in [-0.25, -0.2) is 0 Å². The molecule has 24 heavy (non-hydrogen) atoms. The summed E-state index contributed by atoms with van der Waals surface area (Å²) >= 11 is 12.1. The molecule has 0 spiro atoms. The van der Waals surface area contributed by atoms with Gasteiger partial charge in [0.2, 0.25) is 5.91 Å². The first kappa shape index (κ1) is 18.0. The van der Waals surface area contributed by atoms with Gasteiger partial charge in [0.05, 0.1) is 6.10 Å². The molecular formula is C18H24Cl2N2O2. The maximum absolute atomic E-state index is 12.4. The highest BCUT2D eigenvalue weighted by Crippen LogP contribution is 2.22. The molecule has 0 saturated carbocycles. The van der Waals surface area contributed by atoms with Gasteiger partial charge in [-0.2, -0.15) is 0 Å².